The van der Waals surface area contributed by atoms with Crippen LogP contribution < -0.4 is 5.73 Å². The molecular formula is C12H22N2O. The summed E-state index contributed by atoms with van der Waals surface area (Å²) >= 11 is 0. The van der Waals surface area contributed by atoms with Crippen LogP contribution in [-0.4, -0.2) is 18.5 Å². The van der Waals surface area contributed by atoms with Crippen LogP contribution in [0.4, 0.5) is 0 Å². The van der Waals surface area contributed by atoms with E-state index in [9.17, 15) is 0 Å². The molecule has 0 fully saturated rings. The maximum atomic E-state index is 5.54. The first-order valence-electron chi connectivity index (χ1n) is 5.58. The number of furan rings is 1. The summed E-state index contributed by atoms with van der Waals surface area (Å²) in [4.78, 5) is 2.28. The standard InChI is InChI=1S/C12H22N2O/c1-10(2)6-7-14(3)9-12-5-4-11(8-13)15-12/h4-5,10H,6-9,13H2,1-3H3. The first kappa shape index (κ1) is 12.3. The van der Waals surface area contributed by atoms with Gasteiger partial charge in [0.25, 0.3) is 0 Å². The number of hydrogen-bond donors (Lipinski definition) is 1. The van der Waals surface area contributed by atoms with Gasteiger partial charge in [0.05, 0.1) is 13.1 Å². The smallest absolute Gasteiger partial charge is 0.118 e. The van der Waals surface area contributed by atoms with Crippen LogP contribution in [0.2, 0.25) is 0 Å². The normalized spacial score (nSPS) is 11.6. The molecule has 0 amide bonds. The largest absolute Gasteiger partial charge is 0.463 e. The molecule has 1 heterocycles. The molecule has 3 heteroatoms. The van der Waals surface area contributed by atoms with Gasteiger partial charge in [-0.1, -0.05) is 13.8 Å². The Morgan fingerprint density at radius 3 is 2.53 bits per heavy atom. The molecule has 0 atom stereocenters. The number of hydrogen-bond acceptors (Lipinski definition) is 3. The Bertz CT molecular complexity index is 281. The summed E-state index contributed by atoms with van der Waals surface area (Å²) in [6, 6.07) is 3.96. The Morgan fingerprint density at radius 2 is 2.00 bits per heavy atom. The van der Waals surface area contributed by atoms with Gasteiger partial charge < -0.3 is 10.2 Å². The van der Waals surface area contributed by atoms with E-state index in [0.29, 0.717) is 6.54 Å². The summed E-state index contributed by atoms with van der Waals surface area (Å²) in [7, 11) is 2.12. The van der Waals surface area contributed by atoms with Crippen LogP contribution >= 0.6 is 0 Å². The van der Waals surface area contributed by atoms with Crippen molar-refractivity contribution >= 4 is 0 Å². The molecule has 0 aliphatic carbocycles. The monoisotopic (exact) mass is 210 g/mol. The molecule has 15 heavy (non-hydrogen) atoms. The lowest BCUT2D eigenvalue weighted by Gasteiger charge is -2.16. The van der Waals surface area contributed by atoms with Gasteiger partial charge in [0.1, 0.15) is 11.5 Å². The third kappa shape index (κ3) is 4.49. The molecule has 0 saturated carbocycles. The Labute approximate surface area is 92.2 Å². The fourth-order valence-corrected chi connectivity index (χ4v) is 1.44. The van der Waals surface area contributed by atoms with Crippen LogP contribution in [0.25, 0.3) is 0 Å². The highest BCUT2D eigenvalue weighted by molar-refractivity contribution is 5.06. The molecule has 0 radical (unpaired) electrons. The molecule has 3 nitrogen and oxygen atoms in total. The van der Waals surface area contributed by atoms with Gasteiger partial charge in [-0.05, 0) is 38.1 Å². The zero-order valence-electron chi connectivity index (χ0n) is 9.99. The van der Waals surface area contributed by atoms with Crippen molar-refractivity contribution in [3.05, 3.63) is 23.7 Å². The Kier molecular flexibility index (Phi) is 4.85. The molecule has 1 aromatic heterocycles. The minimum absolute atomic E-state index is 0.482. The highest BCUT2D eigenvalue weighted by Crippen LogP contribution is 2.10. The zero-order valence-corrected chi connectivity index (χ0v) is 9.99. The number of nitrogens with zero attached hydrogens (tertiary/aromatic N) is 1. The van der Waals surface area contributed by atoms with Crippen molar-refractivity contribution in [3.63, 3.8) is 0 Å². The summed E-state index contributed by atoms with van der Waals surface area (Å²) in [6.45, 7) is 6.94. The SMILES string of the molecule is CC(C)CCN(C)Cc1ccc(CN)o1. The van der Waals surface area contributed by atoms with Crippen molar-refractivity contribution in [2.75, 3.05) is 13.6 Å². The highest BCUT2D eigenvalue weighted by Gasteiger charge is 2.05. The lowest BCUT2D eigenvalue weighted by Crippen LogP contribution is -2.19. The lowest BCUT2D eigenvalue weighted by atomic mass is 10.1. The van der Waals surface area contributed by atoms with Gasteiger partial charge in [-0.25, -0.2) is 0 Å². The maximum Gasteiger partial charge on any atom is 0.118 e. The number of nitrogens with two attached hydrogens (primary N) is 1. The fourth-order valence-electron chi connectivity index (χ4n) is 1.44. The van der Waals surface area contributed by atoms with Gasteiger partial charge in [-0.3, -0.25) is 4.90 Å². The summed E-state index contributed by atoms with van der Waals surface area (Å²) in [5.74, 6) is 2.62. The molecule has 0 spiro atoms. The van der Waals surface area contributed by atoms with Crippen molar-refractivity contribution in [2.45, 2.75) is 33.4 Å². The third-order valence-corrected chi connectivity index (χ3v) is 2.43. The van der Waals surface area contributed by atoms with Crippen molar-refractivity contribution in [3.8, 4) is 0 Å². The Hall–Kier alpha value is -0.800. The molecule has 0 aliphatic heterocycles. The van der Waals surface area contributed by atoms with Crippen molar-refractivity contribution in [2.24, 2.45) is 11.7 Å². The van der Waals surface area contributed by atoms with E-state index in [1.807, 2.05) is 12.1 Å². The van der Waals surface area contributed by atoms with Gasteiger partial charge >= 0.3 is 0 Å². The van der Waals surface area contributed by atoms with Gasteiger partial charge in [0, 0.05) is 0 Å². The molecule has 0 unspecified atom stereocenters. The first-order chi connectivity index (χ1) is 7.11. The van der Waals surface area contributed by atoms with Crippen LogP contribution in [0.5, 0.6) is 0 Å². The summed E-state index contributed by atoms with van der Waals surface area (Å²) < 4.78 is 5.54. The second-order valence-electron chi connectivity index (χ2n) is 4.49. The number of rotatable bonds is 6. The molecule has 0 aliphatic rings. The van der Waals surface area contributed by atoms with Gasteiger partial charge in [0.2, 0.25) is 0 Å². The van der Waals surface area contributed by atoms with E-state index in [0.717, 1.165) is 30.5 Å². The summed E-state index contributed by atoms with van der Waals surface area (Å²) in [6.07, 6.45) is 1.22. The summed E-state index contributed by atoms with van der Waals surface area (Å²) in [5, 5.41) is 0. The average Bonchev–Trinajstić information content (AvgIpc) is 2.62. The molecule has 86 valence electrons. The van der Waals surface area contributed by atoms with E-state index in [4.69, 9.17) is 10.2 Å². The topological polar surface area (TPSA) is 42.4 Å². The van der Waals surface area contributed by atoms with Crippen LogP contribution in [0.1, 0.15) is 31.8 Å². The van der Waals surface area contributed by atoms with Crippen LogP contribution in [0.3, 0.4) is 0 Å². The van der Waals surface area contributed by atoms with E-state index in [2.05, 4.69) is 25.8 Å². The minimum atomic E-state index is 0.482. The van der Waals surface area contributed by atoms with E-state index < -0.39 is 0 Å². The fraction of sp³-hybridized carbons (Fsp3) is 0.667. The summed E-state index contributed by atoms with van der Waals surface area (Å²) in [5.41, 5.74) is 5.49. The average molecular weight is 210 g/mol. The molecular weight excluding hydrogens is 188 g/mol. The minimum Gasteiger partial charge on any atom is -0.463 e. The second-order valence-corrected chi connectivity index (χ2v) is 4.49. The third-order valence-electron chi connectivity index (χ3n) is 2.43. The Balaban J connectivity index is 2.33. The van der Waals surface area contributed by atoms with E-state index in [1.54, 1.807) is 0 Å². The van der Waals surface area contributed by atoms with Crippen LogP contribution in [0.15, 0.2) is 16.5 Å². The highest BCUT2D eigenvalue weighted by atomic mass is 16.3. The first-order valence-corrected chi connectivity index (χ1v) is 5.58. The van der Waals surface area contributed by atoms with Crippen LogP contribution in [-0.2, 0) is 13.1 Å². The van der Waals surface area contributed by atoms with E-state index in [-0.39, 0.29) is 0 Å². The van der Waals surface area contributed by atoms with E-state index >= 15 is 0 Å². The van der Waals surface area contributed by atoms with Crippen molar-refractivity contribution in [1.29, 1.82) is 0 Å². The van der Waals surface area contributed by atoms with Crippen molar-refractivity contribution < 1.29 is 4.42 Å². The van der Waals surface area contributed by atoms with Crippen LogP contribution in [0, 0.1) is 5.92 Å². The zero-order chi connectivity index (χ0) is 11.3. The maximum absolute atomic E-state index is 5.54. The van der Waals surface area contributed by atoms with Gasteiger partial charge in [-0.2, -0.15) is 0 Å². The molecule has 0 aromatic carbocycles. The van der Waals surface area contributed by atoms with Gasteiger partial charge in [-0.15, -0.1) is 0 Å². The molecule has 1 rings (SSSR count). The predicted molar refractivity (Wildman–Crippen MR) is 62.4 cm³/mol. The predicted octanol–water partition coefficient (Wildman–Crippen LogP) is 2.22. The Morgan fingerprint density at radius 1 is 1.33 bits per heavy atom. The lowest BCUT2D eigenvalue weighted by molar-refractivity contribution is 0.274. The molecule has 1 aromatic rings. The molecule has 2 N–H and O–H groups in total. The molecule has 0 saturated heterocycles. The van der Waals surface area contributed by atoms with E-state index in [1.165, 1.54) is 6.42 Å². The van der Waals surface area contributed by atoms with Crippen molar-refractivity contribution in [1.82, 2.24) is 4.90 Å². The quantitative estimate of drug-likeness (QED) is 0.783. The molecule has 0 bridgehead atoms. The van der Waals surface area contributed by atoms with Gasteiger partial charge in [0.15, 0.2) is 0 Å². The second kappa shape index (κ2) is 5.93.